The van der Waals surface area contributed by atoms with Crippen molar-refractivity contribution >= 4 is 6.08 Å². The van der Waals surface area contributed by atoms with Crippen molar-refractivity contribution in [3.05, 3.63) is 114 Å². The molecule has 2 heterocycles. The van der Waals surface area contributed by atoms with Crippen LogP contribution in [0.15, 0.2) is 97.6 Å². The molecule has 5 rings (SSSR count). The Bertz CT molecular complexity index is 1040. The van der Waals surface area contributed by atoms with Crippen molar-refractivity contribution in [2.24, 2.45) is 5.92 Å². The highest BCUT2D eigenvalue weighted by atomic mass is 16.5. The predicted octanol–water partition coefficient (Wildman–Crippen LogP) is 6.76. The molecule has 4 nitrogen and oxygen atoms in total. The van der Waals surface area contributed by atoms with Gasteiger partial charge in [-0.05, 0) is 51.4 Å². The van der Waals surface area contributed by atoms with E-state index in [1.807, 2.05) is 12.1 Å². The zero-order valence-corrected chi connectivity index (χ0v) is 24.0. The molecule has 2 aromatic rings. The van der Waals surface area contributed by atoms with E-state index in [2.05, 4.69) is 135 Å². The van der Waals surface area contributed by atoms with Gasteiger partial charge in [0.15, 0.2) is 0 Å². The van der Waals surface area contributed by atoms with Gasteiger partial charge in [0, 0.05) is 38.8 Å². The Labute approximate surface area is 238 Å². The summed E-state index contributed by atoms with van der Waals surface area (Å²) in [6.07, 6.45) is 16.6. The molecule has 212 valence electrons. The molecule has 5 atom stereocenters. The van der Waals surface area contributed by atoms with E-state index in [9.17, 15) is 0 Å². The monoisotopic (exact) mass is 529 g/mol. The van der Waals surface area contributed by atoms with Crippen LogP contribution in [0.3, 0.4) is 0 Å². The van der Waals surface area contributed by atoms with E-state index < -0.39 is 0 Å². The minimum Gasteiger partial charge on any atom is -0.379 e. The highest BCUT2D eigenvalue weighted by Crippen LogP contribution is 2.30. The van der Waals surface area contributed by atoms with Gasteiger partial charge in [0.1, 0.15) is 0 Å². The maximum atomic E-state index is 5.51. The molecule has 1 aliphatic carbocycles. The first-order chi connectivity index (χ1) is 18.4. The van der Waals surface area contributed by atoms with E-state index in [1.54, 1.807) is 7.11 Å². The maximum absolute atomic E-state index is 5.51. The van der Waals surface area contributed by atoms with Gasteiger partial charge in [-0.1, -0.05) is 110 Å². The minimum atomic E-state index is 0. The first-order valence-corrected chi connectivity index (χ1v) is 13.8. The van der Waals surface area contributed by atoms with E-state index in [0.29, 0.717) is 30.1 Å². The number of fused-ring (bicyclic) bond motifs is 2. The summed E-state index contributed by atoms with van der Waals surface area (Å²) in [5, 5.41) is 3.62. The molecule has 0 radical (unpaired) electrons. The maximum Gasteiger partial charge on any atom is 0.0766 e. The molecule has 39 heavy (non-hydrogen) atoms. The molecule has 0 spiro atoms. The van der Waals surface area contributed by atoms with Crippen molar-refractivity contribution in [3.8, 4) is 0 Å². The lowest BCUT2D eigenvalue weighted by Crippen LogP contribution is -2.56. The van der Waals surface area contributed by atoms with Gasteiger partial charge in [0.2, 0.25) is 0 Å². The van der Waals surface area contributed by atoms with Gasteiger partial charge in [-0.15, -0.1) is 6.58 Å². The number of nitrogens with zero attached hydrogens (tertiary/aromatic N) is 2. The topological polar surface area (TPSA) is 27.7 Å². The van der Waals surface area contributed by atoms with Crippen LogP contribution in [0, 0.1) is 12.8 Å². The largest absolute Gasteiger partial charge is 0.379 e. The second kappa shape index (κ2) is 17.0. The van der Waals surface area contributed by atoms with E-state index in [-0.39, 0.29) is 7.43 Å². The minimum absolute atomic E-state index is 0. The number of aryl methyl sites for hydroxylation is 1. The Balaban J connectivity index is 0.000000269. The average molecular weight is 530 g/mol. The van der Waals surface area contributed by atoms with Crippen molar-refractivity contribution in [1.29, 1.82) is 0 Å². The number of rotatable bonds is 11. The summed E-state index contributed by atoms with van der Waals surface area (Å²) in [5.41, 5.74) is 3.93. The number of allylic oxidation sites excluding steroid dienone is 2. The molecule has 2 bridgehead atoms. The summed E-state index contributed by atoms with van der Waals surface area (Å²) in [6, 6.07) is 20.5. The van der Waals surface area contributed by atoms with Crippen molar-refractivity contribution < 1.29 is 4.74 Å². The smallest absolute Gasteiger partial charge is 0.0766 e. The lowest BCUT2D eigenvalue weighted by Gasteiger charge is -2.42. The Morgan fingerprint density at radius 1 is 1.05 bits per heavy atom. The Hall–Kier alpha value is -2.76. The fourth-order valence-electron chi connectivity index (χ4n) is 5.05. The third kappa shape index (κ3) is 10.7. The fourth-order valence-corrected chi connectivity index (χ4v) is 5.05. The molecule has 0 amide bonds. The number of piperidine rings is 1. The summed E-state index contributed by atoms with van der Waals surface area (Å²) in [5.74, 6) is 0.548. The van der Waals surface area contributed by atoms with Gasteiger partial charge >= 0.3 is 0 Å². The second-order valence-corrected chi connectivity index (χ2v) is 10.7. The van der Waals surface area contributed by atoms with E-state index in [1.165, 1.54) is 16.7 Å². The van der Waals surface area contributed by atoms with Crippen LogP contribution in [0.1, 0.15) is 37.5 Å². The van der Waals surface area contributed by atoms with Crippen molar-refractivity contribution in [2.45, 2.75) is 58.5 Å². The molecule has 0 aromatic heterocycles. The quantitative estimate of drug-likeness (QED) is 0.257. The average Bonchev–Trinajstić information content (AvgIpc) is 2.93. The predicted molar refractivity (Wildman–Crippen MR) is 170 cm³/mol. The third-order valence-corrected chi connectivity index (χ3v) is 7.46. The first kappa shape index (κ1) is 32.5. The molecular weight excluding hydrogens is 478 g/mol. The van der Waals surface area contributed by atoms with Gasteiger partial charge in [0.05, 0.1) is 12.1 Å². The summed E-state index contributed by atoms with van der Waals surface area (Å²) < 4.78 is 5.51. The molecule has 2 aliphatic heterocycles. The normalized spacial score (nSPS) is 22.6. The highest BCUT2D eigenvalue weighted by Gasteiger charge is 2.36. The van der Waals surface area contributed by atoms with Gasteiger partial charge in [-0.2, -0.15) is 0 Å². The van der Waals surface area contributed by atoms with Gasteiger partial charge in [-0.25, -0.2) is 0 Å². The fraction of sp³-hybridized carbons (Fsp3) is 0.429. The number of likely N-dealkylation sites (N-methyl/N-ethyl adjacent to an activating group) is 2. The van der Waals surface area contributed by atoms with Crippen LogP contribution in [-0.2, 0) is 11.3 Å². The Kier molecular flexibility index (Phi) is 14.2. The zero-order valence-electron chi connectivity index (χ0n) is 24.0. The van der Waals surface area contributed by atoms with Crippen molar-refractivity contribution in [3.63, 3.8) is 0 Å². The SMILES string of the molecule is C.C=CCN(C)[C@H](C)CN(C)Cc1ccc(C)cc1.COC1C[C@H]2C=CC1NC2/C=C\C=C\c1ccccc1. The molecule has 0 saturated carbocycles. The van der Waals surface area contributed by atoms with Crippen molar-refractivity contribution in [2.75, 3.05) is 34.3 Å². The van der Waals surface area contributed by atoms with Crippen LogP contribution in [0.2, 0.25) is 0 Å². The lowest BCUT2D eigenvalue weighted by molar-refractivity contribution is 0.0324. The molecular formula is C35H51N3O. The summed E-state index contributed by atoms with van der Waals surface area (Å²) >= 11 is 0. The zero-order chi connectivity index (χ0) is 27.3. The van der Waals surface area contributed by atoms with Crippen LogP contribution in [0.25, 0.3) is 6.08 Å². The van der Waals surface area contributed by atoms with Crippen molar-refractivity contribution in [1.82, 2.24) is 15.1 Å². The summed E-state index contributed by atoms with van der Waals surface area (Å²) in [6.45, 7) is 11.2. The van der Waals surface area contributed by atoms with Crippen LogP contribution in [0.5, 0.6) is 0 Å². The van der Waals surface area contributed by atoms with Crippen LogP contribution in [0.4, 0.5) is 0 Å². The lowest BCUT2D eigenvalue weighted by atomic mass is 9.79. The highest BCUT2D eigenvalue weighted by molar-refractivity contribution is 5.50. The molecule has 1 saturated heterocycles. The standard InChI is InChI=1S/C18H21NO.C16H26N2.CH4/c1-20-18-13-15-11-12-17(18)19-16(15)10-6-5-9-14-7-3-2-4-8-14;1-6-11-18(5)15(3)12-17(4)13-16-9-7-14(2)8-10-16;/h2-12,15-19H,13H2,1H3;6-10,15H,1,11-13H2,2-5H3;1H4/b9-5+,10-6-;;/t15-,16?,17?,18?;15-;/m11./s1. The number of hydrogen-bond acceptors (Lipinski definition) is 4. The molecule has 2 aromatic carbocycles. The van der Waals surface area contributed by atoms with Crippen LogP contribution >= 0.6 is 0 Å². The number of methoxy groups -OCH3 is 1. The van der Waals surface area contributed by atoms with E-state index >= 15 is 0 Å². The Morgan fingerprint density at radius 2 is 1.77 bits per heavy atom. The summed E-state index contributed by atoms with van der Waals surface area (Å²) in [7, 11) is 6.12. The van der Waals surface area contributed by atoms with Gasteiger partial charge < -0.3 is 15.0 Å². The number of benzene rings is 2. The Morgan fingerprint density at radius 3 is 2.38 bits per heavy atom. The molecule has 1 N–H and O–H groups in total. The summed E-state index contributed by atoms with van der Waals surface area (Å²) in [4.78, 5) is 4.69. The second-order valence-electron chi connectivity index (χ2n) is 10.7. The van der Waals surface area contributed by atoms with Gasteiger partial charge in [0.25, 0.3) is 0 Å². The molecule has 1 fully saturated rings. The first-order valence-electron chi connectivity index (χ1n) is 13.8. The molecule has 3 unspecified atom stereocenters. The number of nitrogens with one attached hydrogen (secondary N) is 1. The molecule has 3 aliphatic rings. The van der Waals surface area contributed by atoms with Gasteiger partial charge in [-0.3, -0.25) is 4.90 Å². The number of ether oxygens (including phenoxy) is 1. The van der Waals surface area contributed by atoms with E-state index in [0.717, 1.165) is 26.1 Å². The number of hydrogen-bond donors (Lipinski definition) is 1. The van der Waals surface area contributed by atoms with E-state index in [4.69, 9.17) is 4.74 Å². The third-order valence-electron chi connectivity index (χ3n) is 7.46. The van der Waals surface area contributed by atoms with Crippen LogP contribution < -0.4 is 5.32 Å². The molecule has 4 heteroatoms. The van der Waals surface area contributed by atoms with Crippen LogP contribution in [-0.4, -0.2) is 68.3 Å².